The Hall–Kier alpha value is -2.04. The molecule has 0 aromatic carbocycles. The molecule has 5 nitrogen and oxygen atoms in total. The number of pyridine rings is 1. The van der Waals surface area contributed by atoms with Crippen LogP contribution in [0.4, 0.5) is 5.82 Å². The highest BCUT2D eigenvalue weighted by molar-refractivity contribution is 5.68. The van der Waals surface area contributed by atoms with Crippen molar-refractivity contribution >= 4 is 5.82 Å². The van der Waals surface area contributed by atoms with Crippen molar-refractivity contribution in [3.8, 4) is 11.3 Å². The van der Waals surface area contributed by atoms with Crippen molar-refractivity contribution < 1.29 is 0 Å². The van der Waals surface area contributed by atoms with Crippen LogP contribution in [-0.4, -0.2) is 14.8 Å². The molecule has 0 spiro atoms. The number of nitrogens with one attached hydrogen (secondary N) is 1. The van der Waals surface area contributed by atoms with E-state index in [-0.39, 0.29) is 11.3 Å². The van der Waals surface area contributed by atoms with Gasteiger partial charge in [-0.1, -0.05) is 13.8 Å². The van der Waals surface area contributed by atoms with Crippen LogP contribution in [0.5, 0.6) is 0 Å². The highest BCUT2D eigenvalue weighted by atomic mass is 16.1. The van der Waals surface area contributed by atoms with Crippen LogP contribution < -0.4 is 11.2 Å². The summed E-state index contributed by atoms with van der Waals surface area (Å²) in [7, 11) is 1.78. The van der Waals surface area contributed by atoms with Crippen molar-refractivity contribution in [2.24, 2.45) is 7.05 Å². The molecular formula is C12H16N4O. The zero-order valence-electron chi connectivity index (χ0n) is 10.2. The van der Waals surface area contributed by atoms with E-state index in [9.17, 15) is 4.79 Å². The molecule has 2 aromatic rings. The minimum atomic E-state index is -0.0521. The van der Waals surface area contributed by atoms with Gasteiger partial charge in [-0.3, -0.25) is 9.48 Å². The Morgan fingerprint density at radius 1 is 1.47 bits per heavy atom. The monoisotopic (exact) mass is 232 g/mol. The van der Waals surface area contributed by atoms with Crippen molar-refractivity contribution in [3.05, 3.63) is 34.2 Å². The highest BCUT2D eigenvalue weighted by Gasteiger charge is 2.19. The first-order valence-electron chi connectivity index (χ1n) is 5.52. The number of aryl methyl sites for hydroxylation is 1. The third kappa shape index (κ3) is 1.84. The van der Waals surface area contributed by atoms with E-state index in [0.29, 0.717) is 17.1 Å². The van der Waals surface area contributed by atoms with Gasteiger partial charge in [-0.25, -0.2) is 0 Å². The second kappa shape index (κ2) is 4.08. The second-order valence-corrected chi connectivity index (χ2v) is 4.35. The number of H-pyrrole nitrogens is 1. The fourth-order valence-electron chi connectivity index (χ4n) is 1.92. The van der Waals surface area contributed by atoms with E-state index in [1.807, 2.05) is 13.8 Å². The van der Waals surface area contributed by atoms with Crippen molar-refractivity contribution in [3.63, 3.8) is 0 Å². The Balaban J connectivity index is 2.73. The minimum absolute atomic E-state index is 0.0521. The summed E-state index contributed by atoms with van der Waals surface area (Å²) < 4.78 is 1.61. The van der Waals surface area contributed by atoms with E-state index >= 15 is 0 Å². The van der Waals surface area contributed by atoms with E-state index in [0.717, 1.165) is 5.56 Å². The molecule has 0 atom stereocenters. The summed E-state index contributed by atoms with van der Waals surface area (Å²) in [5.74, 6) is 0.830. The third-order valence-corrected chi connectivity index (χ3v) is 2.79. The van der Waals surface area contributed by atoms with Gasteiger partial charge in [0.05, 0.1) is 5.56 Å². The molecule has 2 aromatic heterocycles. The number of hydrogen-bond acceptors (Lipinski definition) is 3. The number of aromatic amines is 1. The molecule has 17 heavy (non-hydrogen) atoms. The lowest BCUT2D eigenvalue weighted by Gasteiger charge is -2.06. The molecule has 0 unspecified atom stereocenters. The molecule has 0 aliphatic rings. The molecule has 0 fully saturated rings. The largest absolute Gasteiger partial charge is 0.384 e. The molecule has 5 heteroatoms. The van der Waals surface area contributed by atoms with Crippen molar-refractivity contribution in [2.45, 2.75) is 19.8 Å². The van der Waals surface area contributed by atoms with Gasteiger partial charge < -0.3 is 10.7 Å². The van der Waals surface area contributed by atoms with Crippen LogP contribution in [0.25, 0.3) is 11.3 Å². The SMILES string of the molecule is CC(C)c1c(-c2c[nH]ccc2=O)nn(C)c1N. The van der Waals surface area contributed by atoms with Gasteiger partial charge in [0.15, 0.2) is 5.43 Å². The number of nitrogens with zero attached hydrogens (tertiary/aromatic N) is 2. The molecule has 2 heterocycles. The normalized spacial score (nSPS) is 11.1. The maximum atomic E-state index is 11.8. The first-order valence-corrected chi connectivity index (χ1v) is 5.52. The number of hydrogen-bond donors (Lipinski definition) is 2. The first kappa shape index (κ1) is 11.4. The highest BCUT2D eigenvalue weighted by Crippen LogP contribution is 2.30. The fraction of sp³-hybridized carbons (Fsp3) is 0.333. The fourth-order valence-corrected chi connectivity index (χ4v) is 1.92. The molecular weight excluding hydrogens is 216 g/mol. The Morgan fingerprint density at radius 3 is 2.76 bits per heavy atom. The van der Waals surface area contributed by atoms with Gasteiger partial charge >= 0.3 is 0 Å². The third-order valence-electron chi connectivity index (χ3n) is 2.79. The molecule has 0 aliphatic carbocycles. The van der Waals surface area contributed by atoms with Gasteiger partial charge in [0.1, 0.15) is 11.5 Å². The van der Waals surface area contributed by atoms with Crippen LogP contribution in [0.2, 0.25) is 0 Å². The van der Waals surface area contributed by atoms with E-state index < -0.39 is 0 Å². The maximum Gasteiger partial charge on any atom is 0.191 e. The Labute approximate surface area is 99.3 Å². The lowest BCUT2D eigenvalue weighted by atomic mass is 9.99. The molecule has 0 bridgehead atoms. The predicted octanol–water partition coefficient (Wildman–Crippen LogP) is 1.48. The summed E-state index contributed by atoms with van der Waals surface area (Å²) in [5, 5.41) is 4.33. The topological polar surface area (TPSA) is 76.7 Å². The summed E-state index contributed by atoms with van der Waals surface area (Å²) >= 11 is 0. The van der Waals surface area contributed by atoms with Crippen molar-refractivity contribution in [1.29, 1.82) is 0 Å². The van der Waals surface area contributed by atoms with E-state index in [2.05, 4.69) is 10.1 Å². The molecule has 2 rings (SSSR count). The molecule has 3 N–H and O–H groups in total. The minimum Gasteiger partial charge on any atom is -0.384 e. The predicted molar refractivity (Wildman–Crippen MR) is 67.8 cm³/mol. The van der Waals surface area contributed by atoms with Gasteiger partial charge in [0.25, 0.3) is 0 Å². The van der Waals surface area contributed by atoms with Crippen molar-refractivity contribution in [2.75, 3.05) is 5.73 Å². The zero-order chi connectivity index (χ0) is 12.6. The lowest BCUT2D eigenvalue weighted by molar-refractivity contribution is 0.779. The van der Waals surface area contributed by atoms with Crippen LogP contribution >= 0.6 is 0 Å². The van der Waals surface area contributed by atoms with Gasteiger partial charge in [-0.15, -0.1) is 0 Å². The zero-order valence-corrected chi connectivity index (χ0v) is 10.2. The van der Waals surface area contributed by atoms with E-state index in [4.69, 9.17) is 5.73 Å². The van der Waals surface area contributed by atoms with Crippen LogP contribution in [0.3, 0.4) is 0 Å². The average molecular weight is 232 g/mol. The summed E-state index contributed by atoms with van der Waals surface area (Å²) in [6.07, 6.45) is 3.27. The Kier molecular flexibility index (Phi) is 2.75. The van der Waals surface area contributed by atoms with E-state index in [1.165, 1.54) is 6.07 Å². The molecule has 0 saturated heterocycles. The van der Waals surface area contributed by atoms with Gasteiger partial charge in [-0.05, 0) is 5.92 Å². The first-order chi connectivity index (χ1) is 8.02. The maximum absolute atomic E-state index is 11.8. The summed E-state index contributed by atoms with van der Waals surface area (Å²) in [6.45, 7) is 4.07. The number of aromatic nitrogens is 3. The van der Waals surface area contributed by atoms with Gasteiger partial charge in [-0.2, -0.15) is 5.10 Å². The van der Waals surface area contributed by atoms with Crippen LogP contribution in [0.15, 0.2) is 23.3 Å². The standard InChI is InChI=1S/C12H16N4O/c1-7(2)10-11(15-16(3)12(10)13)8-6-14-5-4-9(8)17/h4-7H,13H2,1-3H3,(H,14,17). The van der Waals surface area contributed by atoms with E-state index in [1.54, 1.807) is 24.1 Å². The quantitative estimate of drug-likeness (QED) is 0.823. The molecule has 0 aliphatic heterocycles. The molecule has 90 valence electrons. The average Bonchev–Trinajstić information content (AvgIpc) is 2.56. The number of nitrogens with two attached hydrogens (primary N) is 1. The van der Waals surface area contributed by atoms with Crippen LogP contribution in [0, 0.1) is 0 Å². The smallest absolute Gasteiger partial charge is 0.191 e. The Morgan fingerprint density at radius 2 is 2.18 bits per heavy atom. The second-order valence-electron chi connectivity index (χ2n) is 4.35. The van der Waals surface area contributed by atoms with Gasteiger partial charge in [0, 0.05) is 31.1 Å². The summed E-state index contributed by atoms with van der Waals surface area (Å²) in [6, 6.07) is 1.49. The molecule has 0 radical (unpaired) electrons. The molecule has 0 amide bonds. The summed E-state index contributed by atoms with van der Waals surface area (Å²) in [5.41, 5.74) is 8.08. The van der Waals surface area contributed by atoms with Crippen molar-refractivity contribution in [1.82, 2.24) is 14.8 Å². The summed E-state index contributed by atoms with van der Waals surface area (Å²) in [4.78, 5) is 14.7. The number of nitrogen functional groups attached to an aromatic ring is 1. The van der Waals surface area contributed by atoms with Crippen LogP contribution in [-0.2, 0) is 7.05 Å². The number of anilines is 1. The number of rotatable bonds is 2. The lowest BCUT2D eigenvalue weighted by Crippen LogP contribution is -2.05. The van der Waals surface area contributed by atoms with Crippen LogP contribution in [0.1, 0.15) is 25.3 Å². The molecule has 0 saturated carbocycles. The van der Waals surface area contributed by atoms with Gasteiger partial charge in [0.2, 0.25) is 0 Å². The Bertz CT molecular complexity index is 595.